The minimum absolute atomic E-state index is 0.381. The monoisotopic (exact) mass is 182 g/mol. The van der Waals surface area contributed by atoms with E-state index in [-0.39, 0.29) is 0 Å². The van der Waals surface area contributed by atoms with E-state index in [9.17, 15) is 4.39 Å². The van der Waals surface area contributed by atoms with E-state index in [1.807, 2.05) is 6.07 Å². The Morgan fingerprint density at radius 1 is 1.54 bits per heavy atom. The molecule has 2 nitrogen and oxygen atoms in total. The van der Waals surface area contributed by atoms with Crippen molar-refractivity contribution < 1.29 is 4.39 Å². The highest BCUT2D eigenvalue weighted by Crippen LogP contribution is 2.16. The van der Waals surface area contributed by atoms with Crippen molar-refractivity contribution in [1.82, 2.24) is 4.98 Å². The van der Waals surface area contributed by atoms with E-state index in [0.29, 0.717) is 6.04 Å². The van der Waals surface area contributed by atoms with Crippen molar-refractivity contribution in [3.63, 3.8) is 0 Å². The molecule has 0 aliphatic heterocycles. The lowest BCUT2D eigenvalue weighted by Gasteiger charge is -2.27. The van der Waals surface area contributed by atoms with Crippen molar-refractivity contribution >= 4 is 5.69 Å². The number of rotatable bonds is 3. The molecule has 3 heteroatoms. The molecule has 0 amide bonds. The maximum atomic E-state index is 12.8. The lowest BCUT2D eigenvalue weighted by atomic mass is 10.2. The third-order valence-corrected chi connectivity index (χ3v) is 2.01. The van der Waals surface area contributed by atoms with Gasteiger partial charge in [0.15, 0.2) is 0 Å². The zero-order chi connectivity index (χ0) is 9.84. The number of nitrogens with zero attached hydrogens (tertiary/aromatic N) is 2. The molecule has 0 radical (unpaired) electrons. The summed E-state index contributed by atoms with van der Waals surface area (Å²) < 4.78 is 12.8. The van der Waals surface area contributed by atoms with E-state index >= 15 is 0 Å². The number of hydrogen-bond donors (Lipinski definition) is 0. The lowest BCUT2D eigenvalue weighted by Crippen LogP contribution is -2.30. The van der Waals surface area contributed by atoms with Gasteiger partial charge in [0.05, 0.1) is 0 Å². The first-order chi connectivity index (χ1) is 6.15. The standard InChI is InChI=1S/C10H15FN2/c1-4-13(8(2)3)9-5-6-12-10(11)7-9/h5-8H,4H2,1-3H3. The summed E-state index contributed by atoms with van der Waals surface area (Å²) in [5, 5.41) is 0. The summed E-state index contributed by atoms with van der Waals surface area (Å²) in [5.41, 5.74) is 0.894. The van der Waals surface area contributed by atoms with Crippen LogP contribution in [0.4, 0.5) is 10.1 Å². The molecule has 0 atom stereocenters. The second kappa shape index (κ2) is 4.21. The molecule has 0 saturated heterocycles. The predicted octanol–water partition coefficient (Wildman–Crippen LogP) is 2.46. The van der Waals surface area contributed by atoms with Gasteiger partial charge in [0, 0.05) is 30.5 Å². The molecular weight excluding hydrogens is 167 g/mol. The van der Waals surface area contributed by atoms with Crippen molar-refractivity contribution in [1.29, 1.82) is 0 Å². The number of aromatic nitrogens is 1. The van der Waals surface area contributed by atoms with Gasteiger partial charge in [-0.1, -0.05) is 0 Å². The van der Waals surface area contributed by atoms with Gasteiger partial charge in [-0.05, 0) is 26.8 Å². The van der Waals surface area contributed by atoms with E-state index in [2.05, 4.69) is 30.7 Å². The normalized spacial score (nSPS) is 10.5. The maximum Gasteiger partial charge on any atom is 0.214 e. The number of hydrogen-bond acceptors (Lipinski definition) is 2. The second-order valence-corrected chi connectivity index (χ2v) is 3.22. The van der Waals surface area contributed by atoms with E-state index in [0.717, 1.165) is 12.2 Å². The van der Waals surface area contributed by atoms with Crippen LogP contribution < -0.4 is 4.90 Å². The summed E-state index contributed by atoms with van der Waals surface area (Å²) in [4.78, 5) is 5.64. The highest BCUT2D eigenvalue weighted by Gasteiger charge is 2.08. The first-order valence-corrected chi connectivity index (χ1v) is 4.53. The predicted molar refractivity (Wildman–Crippen MR) is 52.4 cm³/mol. The van der Waals surface area contributed by atoms with Crippen LogP contribution in [0.25, 0.3) is 0 Å². The Kier molecular flexibility index (Phi) is 3.23. The van der Waals surface area contributed by atoms with Crippen molar-refractivity contribution in [3.8, 4) is 0 Å². The van der Waals surface area contributed by atoms with Crippen LogP contribution >= 0.6 is 0 Å². The Balaban J connectivity index is 2.91. The zero-order valence-corrected chi connectivity index (χ0v) is 8.29. The Bertz CT molecular complexity index is 273. The van der Waals surface area contributed by atoms with Crippen molar-refractivity contribution in [2.24, 2.45) is 0 Å². The molecule has 1 rings (SSSR count). The van der Waals surface area contributed by atoms with Crippen LogP contribution in [0.5, 0.6) is 0 Å². The molecule has 0 fully saturated rings. The van der Waals surface area contributed by atoms with Crippen LogP contribution in [0, 0.1) is 5.95 Å². The molecule has 0 aromatic carbocycles. The van der Waals surface area contributed by atoms with Gasteiger partial charge in [0.25, 0.3) is 0 Å². The van der Waals surface area contributed by atoms with Crippen LogP contribution in [0.1, 0.15) is 20.8 Å². The molecule has 0 unspecified atom stereocenters. The van der Waals surface area contributed by atoms with Gasteiger partial charge in [-0.25, -0.2) is 4.98 Å². The van der Waals surface area contributed by atoms with E-state index in [4.69, 9.17) is 0 Å². The van der Waals surface area contributed by atoms with Crippen molar-refractivity contribution in [2.45, 2.75) is 26.8 Å². The quantitative estimate of drug-likeness (QED) is 0.667. The average molecular weight is 182 g/mol. The zero-order valence-electron chi connectivity index (χ0n) is 8.29. The smallest absolute Gasteiger partial charge is 0.214 e. The van der Waals surface area contributed by atoms with E-state index in [1.165, 1.54) is 12.3 Å². The van der Waals surface area contributed by atoms with E-state index < -0.39 is 5.95 Å². The Morgan fingerprint density at radius 3 is 2.69 bits per heavy atom. The Hall–Kier alpha value is -1.12. The third-order valence-electron chi connectivity index (χ3n) is 2.01. The summed E-state index contributed by atoms with van der Waals surface area (Å²) in [7, 11) is 0. The molecule has 72 valence electrons. The van der Waals surface area contributed by atoms with Crippen molar-refractivity contribution in [2.75, 3.05) is 11.4 Å². The molecule has 1 aromatic heterocycles. The molecule has 0 spiro atoms. The Morgan fingerprint density at radius 2 is 2.23 bits per heavy atom. The maximum absolute atomic E-state index is 12.8. The summed E-state index contributed by atoms with van der Waals surface area (Å²) in [6, 6.07) is 3.67. The van der Waals surface area contributed by atoms with Crippen LogP contribution in [0.2, 0.25) is 0 Å². The highest BCUT2D eigenvalue weighted by atomic mass is 19.1. The van der Waals surface area contributed by atoms with Gasteiger partial charge in [-0.2, -0.15) is 4.39 Å². The highest BCUT2D eigenvalue weighted by molar-refractivity contribution is 5.45. The van der Waals surface area contributed by atoms with Crippen LogP contribution in [-0.4, -0.2) is 17.6 Å². The van der Waals surface area contributed by atoms with Gasteiger partial charge in [-0.15, -0.1) is 0 Å². The molecule has 0 saturated carbocycles. The molecule has 0 bridgehead atoms. The fraction of sp³-hybridized carbons (Fsp3) is 0.500. The summed E-state index contributed by atoms with van der Waals surface area (Å²) in [6.07, 6.45) is 1.50. The molecule has 0 N–H and O–H groups in total. The summed E-state index contributed by atoms with van der Waals surface area (Å²) in [5.74, 6) is -0.420. The average Bonchev–Trinajstić information content (AvgIpc) is 2.04. The minimum Gasteiger partial charge on any atom is -0.369 e. The number of anilines is 1. The molecule has 0 aliphatic carbocycles. The van der Waals surface area contributed by atoms with Gasteiger partial charge in [0.2, 0.25) is 5.95 Å². The minimum atomic E-state index is -0.420. The topological polar surface area (TPSA) is 16.1 Å². The Labute approximate surface area is 78.4 Å². The fourth-order valence-electron chi connectivity index (χ4n) is 1.42. The van der Waals surface area contributed by atoms with Crippen molar-refractivity contribution in [3.05, 3.63) is 24.3 Å². The molecule has 1 aromatic rings. The van der Waals surface area contributed by atoms with Gasteiger partial charge >= 0.3 is 0 Å². The SMILES string of the molecule is CCN(c1ccnc(F)c1)C(C)C. The summed E-state index contributed by atoms with van der Waals surface area (Å²) >= 11 is 0. The molecular formula is C10H15FN2. The largest absolute Gasteiger partial charge is 0.369 e. The van der Waals surface area contributed by atoms with Gasteiger partial charge in [-0.3, -0.25) is 0 Å². The van der Waals surface area contributed by atoms with Gasteiger partial charge < -0.3 is 4.90 Å². The molecule has 0 aliphatic rings. The first-order valence-electron chi connectivity index (χ1n) is 4.53. The summed E-state index contributed by atoms with van der Waals surface area (Å²) in [6.45, 7) is 7.10. The molecule has 1 heterocycles. The lowest BCUT2D eigenvalue weighted by molar-refractivity contribution is 0.581. The fourth-order valence-corrected chi connectivity index (χ4v) is 1.42. The first kappa shape index (κ1) is 9.96. The van der Waals surface area contributed by atoms with Gasteiger partial charge in [0.1, 0.15) is 0 Å². The third kappa shape index (κ3) is 2.41. The number of halogens is 1. The number of pyridine rings is 1. The van der Waals surface area contributed by atoms with Crippen LogP contribution in [0.15, 0.2) is 18.3 Å². The van der Waals surface area contributed by atoms with Crippen LogP contribution in [-0.2, 0) is 0 Å². The van der Waals surface area contributed by atoms with E-state index in [1.54, 1.807) is 0 Å². The second-order valence-electron chi connectivity index (χ2n) is 3.22. The molecule has 13 heavy (non-hydrogen) atoms. The van der Waals surface area contributed by atoms with Crippen LogP contribution in [0.3, 0.4) is 0 Å².